The molecule has 0 aromatic carbocycles. The lowest BCUT2D eigenvalue weighted by Crippen LogP contribution is -2.17. The monoisotopic (exact) mass is 302 g/mol. The van der Waals surface area contributed by atoms with Gasteiger partial charge >= 0.3 is 15.4 Å². The van der Waals surface area contributed by atoms with E-state index in [1.54, 1.807) is 0 Å². The molecule has 10 heteroatoms. The zero-order chi connectivity index (χ0) is 14.0. The molecule has 18 heavy (non-hydrogen) atoms. The van der Waals surface area contributed by atoms with E-state index in [0.717, 1.165) is 0 Å². The van der Waals surface area contributed by atoms with Crippen molar-refractivity contribution < 1.29 is 32.0 Å². The lowest BCUT2D eigenvalue weighted by molar-refractivity contribution is 0.148. The first-order valence-corrected chi connectivity index (χ1v) is 8.88. The Morgan fingerprint density at radius 1 is 1.28 bits per heavy atom. The van der Waals surface area contributed by atoms with Crippen LogP contribution in [0.1, 0.15) is 12.8 Å². The van der Waals surface area contributed by atoms with Crippen LogP contribution in [0.3, 0.4) is 0 Å². The fraction of sp³-hybridized carbons (Fsp3) is 1.00. The summed E-state index contributed by atoms with van der Waals surface area (Å²) in [5.74, 6) is -2.26. The highest BCUT2D eigenvalue weighted by Gasteiger charge is 2.37. The number of hydrogen-bond acceptors (Lipinski definition) is 4. The van der Waals surface area contributed by atoms with Crippen molar-refractivity contribution >= 4 is 23.2 Å². The van der Waals surface area contributed by atoms with Crippen LogP contribution in [0.25, 0.3) is 0 Å². The fourth-order valence-electron chi connectivity index (χ4n) is 2.14. The van der Waals surface area contributed by atoms with Crippen molar-refractivity contribution in [2.75, 3.05) is 19.1 Å². The molecule has 3 unspecified atom stereocenters. The zero-order valence-electron chi connectivity index (χ0n) is 9.61. The molecule has 0 aromatic rings. The highest BCUT2D eigenvalue weighted by Crippen LogP contribution is 2.62. The molecule has 0 aliphatic heterocycles. The summed E-state index contributed by atoms with van der Waals surface area (Å²) < 4.78 is 51.4. The second-order valence-corrected chi connectivity index (χ2v) is 8.38. The van der Waals surface area contributed by atoms with Crippen LogP contribution in [0.2, 0.25) is 5.82 Å². The van der Waals surface area contributed by atoms with Gasteiger partial charge < -0.3 is 14.5 Å². The van der Waals surface area contributed by atoms with Gasteiger partial charge in [0.25, 0.3) is 0 Å². The Balaban J connectivity index is 2.49. The zero-order valence-corrected chi connectivity index (χ0v) is 11.4. The van der Waals surface area contributed by atoms with E-state index in [4.69, 9.17) is 17.8 Å². The summed E-state index contributed by atoms with van der Waals surface area (Å²) in [4.78, 5) is 8.32. The summed E-state index contributed by atoms with van der Waals surface area (Å²) in [6.07, 6.45) is 1.01. The minimum Gasteiger partial charge on any atom is -0.396 e. The smallest absolute Gasteiger partial charge is 0.379 e. The summed E-state index contributed by atoms with van der Waals surface area (Å²) in [5, 5.41) is 9.05. The van der Waals surface area contributed by atoms with Crippen LogP contribution in [0.15, 0.2) is 0 Å². The predicted octanol–water partition coefficient (Wildman–Crippen LogP) is 2.25. The molecule has 1 rings (SSSR count). The van der Waals surface area contributed by atoms with Gasteiger partial charge in [0.15, 0.2) is 5.90 Å². The van der Waals surface area contributed by atoms with E-state index in [1.807, 2.05) is 0 Å². The molecule has 0 heterocycles. The summed E-state index contributed by atoms with van der Waals surface area (Å²) in [6, 6.07) is 0. The van der Waals surface area contributed by atoms with E-state index in [9.17, 15) is 17.5 Å². The molecule has 2 N–H and O–H groups in total. The Morgan fingerprint density at radius 2 is 1.83 bits per heavy atom. The summed E-state index contributed by atoms with van der Waals surface area (Å²) in [7, 11) is -4.50. The van der Waals surface area contributed by atoms with Gasteiger partial charge in [-0.1, -0.05) is 18.7 Å². The molecular formula is C8H15BF2O5P2. The van der Waals surface area contributed by atoms with Crippen molar-refractivity contribution in [3.8, 4) is 0 Å². The number of halogens is 2. The fourth-order valence-corrected chi connectivity index (χ4v) is 4.55. The first-order chi connectivity index (χ1) is 8.13. The van der Waals surface area contributed by atoms with Gasteiger partial charge in [-0.2, -0.15) is 8.39 Å². The lowest BCUT2D eigenvalue weighted by Gasteiger charge is -2.18. The molecule has 5 nitrogen and oxygen atoms in total. The molecule has 0 spiro atoms. The van der Waals surface area contributed by atoms with Crippen molar-refractivity contribution in [1.82, 2.24) is 0 Å². The molecule has 2 radical (unpaired) electrons. The predicted molar refractivity (Wildman–Crippen MR) is 63.3 cm³/mol. The largest absolute Gasteiger partial charge is 0.396 e. The van der Waals surface area contributed by atoms with Gasteiger partial charge in [-0.25, -0.2) is 0 Å². The van der Waals surface area contributed by atoms with Gasteiger partial charge in [0.1, 0.15) is 0 Å². The second-order valence-electron chi connectivity index (χ2n) is 4.58. The highest BCUT2D eigenvalue weighted by molar-refractivity contribution is 7.70. The van der Waals surface area contributed by atoms with Crippen molar-refractivity contribution in [1.29, 1.82) is 0 Å². The van der Waals surface area contributed by atoms with Crippen LogP contribution < -0.4 is 0 Å². The quantitative estimate of drug-likeness (QED) is 0.581. The highest BCUT2D eigenvalue weighted by atomic mass is 31.3. The molecule has 1 aliphatic rings. The van der Waals surface area contributed by atoms with Gasteiger partial charge in [0, 0.05) is 6.61 Å². The average Bonchev–Trinajstić information content (AvgIpc) is 2.52. The second kappa shape index (κ2) is 6.14. The molecule has 5 atom stereocenters. The number of aliphatic hydroxyl groups excluding tert-OH is 1. The number of aliphatic hydroxyl groups is 1. The summed E-state index contributed by atoms with van der Waals surface area (Å²) in [5.41, 5.74) is 0. The Labute approximate surface area is 105 Å². The van der Waals surface area contributed by atoms with Crippen LogP contribution in [-0.2, 0) is 13.7 Å². The van der Waals surface area contributed by atoms with Gasteiger partial charge in [0.2, 0.25) is 0 Å². The lowest BCUT2D eigenvalue weighted by atomic mass is 9.85. The normalized spacial score (nSPS) is 35.0. The third kappa shape index (κ3) is 5.49. The Bertz CT molecular complexity index is 376. The van der Waals surface area contributed by atoms with E-state index in [1.165, 1.54) is 0 Å². The van der Waals surface area contributed by atoms with E-state index in [2.05, 4.69) is 4.52 Å². The van der Waals surface area contributed by atoms with Crippen molar-refractivity contribution in [2.24, 2.45) is 11.8 Å². The van der Waals surface area contributed by atoms with Gasteiger partial charge in [-0.05, 0) is 11.8 Å². The minimum atomic E-state index is -5.22. The van der Waals surface area contributed by atoms with Crippen LogP contribution in [-0.4, -0.2) is 37.0 Å². The minimum absolute atomic E-state index is 0.153. The molecule has 0 amide bonds. The van der Waals surface area contributed by atoms with Crippen molar-refractivity contribution in [2.45, 2.75) is 18.7 Å². The third-order valence-electron chi connectivity index (χ3n) is 2.94. The molecule has 1 aliphatic carbocycles. The van der Waals surface area contributed by atoms with E-state index < -0.39 is 21.3 Å². The van der Waals surface area contributed by atoms with Crippen molar-refractivity contribution in [3.05, 3.63) is 0 Å². The Morgan fingerprint density at radius 3 is 2.33 bits per heavy atom. The maximum atomic E-state index is 13.2. The Hall–Kier alpha value is 0.265. The third-order valence-corrected chi connectivity index (χ3v) is 6.22. The van der Waals surface area contributed by atoms with Crippen LogP contribution in [0.5, 0.6) is 0 Å². The van der Waals surface area contributed by atoms with Gasteiger partial charge in [0.05, 0.1) is 14.5 Å². The standard InChI is InChI=1S/C8H15BF2O5P2/c9-8-1-6(3-12)7(2-8)4-16-18(11,15)5-17(10,13)14/h6-8,12H,1-5H2,(H,13,14)/t6?,7-,8+,18?/m1/s1. The van der Waals surface area contributed by atoms with Crippen LogP contribution in [0, 0.1) is 11.8 Å². The average molecular weight is 302 g/mol. The van der Waals surface area contributed by atoms with Gasteiger partial charge in [-0.3, -0.25) is 9.13 Å². The molecule has 104 valence electrons. The summed E-state index contributed by atoms with van der Waals surface area (Å²) in [6.45, 7) is -0.466. The van der Waals surface area contributed by atoms with Gasteiger partial charge in [-0.15, -0.1) is 0 Å². The Kier molecular flexibility index (Phi) is 5.57. The molecule has 0 saturated heterocycles. The first kappa shape index (κ1) is 16.3. The van der Waals surface area contributed by atoms with Crippen LogP contribution >= 0.6 is 15.4 Å². The molecule has 1 saturated carbocycles. The molecular weight excluding hydrogens is 287 g/mol. The first-order valence-electron chi connectivity index (χ1n) is 5.44. The van der Waals surface area contributed by atoms with E-state index >= 15 is 0 Å². The maximum Gasteiger partial charge on any atom is 0.379 e. The topological polar surface area (TPSA) is 83.8 Å². The maximum absolute atomic E-state index is 13.2. The van der Waals surface area contributed by atoms with Crippen molar-refractivity contribution in [3.63, 3.8) is 0 Å². The van der Waals surface area contributed by atoms with E-state index in [-0.39, 0.29) is 30.9 Å². The van der Waals surface area contributed by atoms with Crippen LogP contribution in [0.4, 0.5) is 8.39 Å². The molecule has 1 fully saturated rings. The molecule has 0 aromatic heterocycles. The number of hydrogen-bond donors (Lipinski definition) is 2. The molecule has 0 bridgehead atoms. The number of rotatable bonds is 6. The van der Waals surface area contributed by atoms with E-state index in [0.29, 0.717) is 12.8 Å². The summed E-state index contributed by atoms with van der Waals surface area (Å²) >= 11 is 0. The SMILES string of the molecule is [B][C@H]1CC(CO)[C@@H](COP(=O)(F)CP(=O)(O)F)C1.